The third-order valence-electron chi connectivity index (χ3n) is 1.69. The van der Waals surface area contributed by atoms with Crippen LogP contribution in [0, 0.1) is 24.7 Å². The summed E-state index contributed by atoms with van der Waals surface area (Å²) in [5, 5.41) is 10.8. The molecule has 1 aromatic carbocycles. The van der Waals surface area contributed by atoms with Crippen molar-refractivity contribution in [2.24, 2.45) is 0 Å². The van der Waals surface area contributed by atoms with Crippen molar-refractivity contribution < 1.29 is 9.59 Å². The van der Waals surface area contributed by atoms with E-state index in [4.69, 9.17) is 20.4 Å². The Kier molecular flexibility index (Phi) is 11.3. The Bertz CT molecular complexity index is 342. The zero-order chi connectivity index (χ0) is 13.0. The molecule has 1 rings (SSSR count). The van der Waals surface area contributed by atoms with E-state index in [1.165, 1.54) is 16.7 Å². The molecular formula is C12H16N2O2. The molecule has 2 N–H and O–H groups in total. The van der Waals surface area contributed by atoms with Gasteiger partial charge in [-0.1, -0.05) is 36.2 Å². The molecule has 0 aliphatic heterocycles. The average molecular weight is 220 g/mol. The van der Waals surface area contributed by atoms with Gasteiger partial charge in [-0.3, -0.25) is 0 Å². The van der Waals surface area contributed by atoms with E-state index in [9.17, 15) is 0 Å². The Hall–Kier alpha value is -2.02. The van der Waals surface area contributed by atoms with Gasteiger partial charge in [0.25, 0.3) is 0 Å². The summed E-state index contributed by atoms with van der Waals surface area (Å²) >= 11 is 0. The Balaban J connectivity index is 0. The quantitative estimate of drug-likeness (QED) is 0.563. The standard InChI is InChI=1S/C10H14.2CHNO/c1-4-10-6-8(2)5-9(3)7-10;2*2-1-3/h5-7H,4H2,1-3H3;2*2H. The topological polar surface area (TPSA) is 81.8 Å². The second-order valence-corrected chi connectivity index (χ2v) is 3.05. The molecule has 0 saturated heterocycles. The lowest BCUT2D eigenvalue weighted by molar-refractivity contribution is 0.562. The van der Waals surface area contributed by atoms with Gasteiger partial charge in [0, 0.05) is 0 Å². The lowest BCUT2D eigenvalue weighted by Gasteiger charge is -2.00. The van der Waals surface area contributed by atoms with Crippen LogP contribution in [0.25, 0.3) is 0 Å². The lowest BCUT2D eigenvalue weighted by atomic mass is 10.1. The predicted molar refractivity (Wildman–Crippen MR) is 62.1 cm³/mol. The molecule has 0 aliphatic rings. The summed E-state index contributed by atoms with van der Waals surface area (Å²) in [6.45, 7) is 6.48. The molecule has 0 bridgehead atoms. The molecule has 16 heavy (non-hydrogen) atoms. The minimum Gasteiger partial charge on any atom is -0.222 e. The molecule has 1 aromatic rings. The molecule has 0 radical (unpaired) electrons. The SMILES string of the molecule is CCc1cc(C)cc(C)c1.N=C=O.N=C=O. The Morgan fingerprint density at radius 2 is 1.31 bits per heavy atom. The third kappa shape index (κ3) is 10.1. The molecule has 86 valence electrons. The van der Waals surface area contributed by atoms with Crippen LogP contribution >= 0.6 is 0 Å². The molecule has 0 spiro atoms. The van der Waals surface area contributed by atoms with E-state index in [0.29, 0.717) is 0 Å². The van der Waals surface area contributed by atoms with Crippen molar-refractivity contribution in [3.63, 3.8) is 0 Å². The van der Waals surface area contributed by atoms with Gasteiger partial charge >= 0.3 is 0 Å². The number of rotatable bonds is 1. The van der Waals surface area contributed by atoms with Crippen LogP contribution in [0.5, 0.6) is 0 Å². The molecule has 0 unspecified atom stereocenters. The first kappa shape index (κ1) is 16.4. The van der Waals surface area contributed by atoms with Gasteiger partial charge in [0.2, 0.25) is 12.2 Å². The molecular weight excluding hydrogens is 204 g/mol. The maximum Gasteiger partial charge on any atom is 0.231 e. The van der Waals surface area contributed by atoms with Crippen molar-refractivity contribution in [2.75, 3.05) is 0 Å². The van der Waals surface area contributed by atoms with Gasteiger partial charge in [0.1, 0.15) is 0 Å². The van der Waals surface area contributed by atoms with Crippen LogP contribution in [0.4, 0.5) is 0 Å². The number of hydrogen-bond donors (Lipinski definition) is 2. The first-order valence-corrected chi connectivity index (χ1v) is 4.70. The van der Waals surface area contributed by atoms with Gasteiger partial charge in [-0.15, -0.1) is 0 Å². The highest BCUT2D eigenvalue weighted by atomic mass is 16.1. The van der Waals surface area contributed by atoms with Crippen molar-refractivity contribution in [2.45, 2.75) is 27.2 Å². The van der Waals surface area contributed by atoms with Crippen molar-refractivity contribution in [1.82, 2.24) is 0 Å². The summed E-state index contributed by atoms with van der Waals surface area (Å²) in [5.41, 5.74) is 4.19. The highest BCUT2D eigenvalue weighted by Crippen LogP contribution is 2.08. The largest absolute Gasteiger partial charge is 0.231 e. The summed E-state index contributed by atoms with van der Waals surface area (Å²) < 4.78 is 0. The predicted octanol–water partition coefficient (Wildman–Crippen LogP) is 2.67. The monoisotopic (exact) mass is 220 g/mol. The van der Waals surface area contributed by atoms with Crippen LogP contribution in [-0.2, 0) is 16.0 Å². The van der Waals surface area contributed by atoms with Crippen LogP contribution < -0.4 is 0 Å². The van der Waals surface area contributed by atoms with Crippen LogP contribution in [0.3, 0.4) is 0 Å². The molecule has 0 aromatic heterocycles. The zero-order valence-corrected chi connectivity index (χ0v) is 9.76. The lowest BCUT2D eigenvalue weighted by Crippen LogP contribution is -1.83. The van der Waals surface area contributed by atoms with E-state index in [1.807, 2.05) is 0 Å². The number of hydrogen-bond acceptors (Lipinski definition) is 4. The highest BCUT2D eigenvalue weighted by Gasteiger charge is 1.91. The second kappa shape index (κ2) is 11.1. The Labute approximate surface area is 95.3 Å². The summed E-state index contributed by atoms with van der Waals surface area (Å²) in [7, 11) is 0. The van der Waals surface area contributed by atoms with Gasteiger partial charge in [-0.25, -0.2) is 20.4 Å². The second-order valence-electron chi connectivity index (χ2n) is 3.05. The number of nitrogens with one attached hydrogen (secondary N) is 2. The highest BCUT2D eigenvalue weighted by molar-refractivity contribution is 5.28. The summed E-state index contributed by atoms with van der Waals surface area (Å²) in [5.74, 6) is 0. The minimum atomic E-state index is 0.750. The Morgan fingerprint density at radius 1 is 1.00 bits per heavy atom. The number of benzene rings is 1. The number of isocyanates is 2. The van der Waals surface area contributed by atoms with Crippen molar-refractivity contribution in [3.8, 4) is 0 Å². The van der Waals surface area contributed by atoms with Crippen LogP contribution in [0.1, 0.15) is 23.6 Å². The first-order chi connectivity index (χ1) is 7.55. The maximum absolute atomic E-state index is 8.35. The molecule has 4 nitrogen and oxygen atoms in total. The normalized spacial score (nSPS) is 7.19. The molecule has 0 atom stereocenters. The minimum absolute atomic E-state index is 0.750. The summed E-state index contributed by atoms with van der Waals surface area (Å²) in [6, 6.07) is 6.69. The van der Waals surface area contributed by atoms with Gasteiger partial charge in [0.15, 0.2) is 0 Å². The van der Waals surface area contributed by atoms with Gasteiger partial charge < -0.3 is 0 Å². The van der Waals surface area contributed by atoms with Crippen LogP contribution in [0.2, 0.25) is 0 Å². The van der Waals surface area contributed by atoms with E-state index < -0.39 is 0 Å². The summed E-state index contributed by atoms with van der Waals surface area (Å²) in [4.78, 5) is 16.7. The fourth-order valence-electron chi connectivity index (χ4n) is 1.27. The summed E-state index contributed by atoms with van der Waals surface area (Å²) in [6.07, 6.45) is 2.64. The Morgan fingerprint density at radius 3 is 1.56 bits per heavy atom. The zero-order valence-electron chi connectivity index (χ0n) is 9.76. The van der Waals surface area contributed by atoms with Crippen molar-refractivity contribution in [1.29, 1.82) is 10.8 Å². The fourth-order valence-corrected chi connectivity index (χ4v) is 1.27. The molecule has 0 amide bonds. The van der Waals surface area contributed by atoms with E-state index in [0.717, 1.165) is 18.6 Å². The van der Waals surface area contributed by atoms with Gasteiger partial charge in [-0.2, -0.15) is 0 Å². The van der Waals surface area contributed by atoms with E-state index in [-0.39, 0.29) is 0 Å². The molecule has 0 fully saturated rings. The van der Waals surface area contributed by atoms with E-state index >= 15 is 0 Å². The van der Waals surface area contributed by atoms with Gasteiger partial charge in [-0.05, 0) is 25.8 Å². The van der Waals surface area contributed by atoms with Crippen molar-refractivity contribution >= 4 is 12.2 Å². The molecule has 0 saturated carbocycles. The number of aryl methyl sites for hydroxylation is 3. The van der Waals surface area contributed by atoms with Gasteiger partial charge in [0.05, 0.1) is 0 Å². The molecule has 0 aliphatic carbocycles. The fraction of sp³-hybridized carbons (Fsp3) is 0.333. The average Bonchev–Trinajstić information content (AvgIpc) is 2.18. The molecule has 0 heterocycles. The first-order valence-electron chi connectivity index (χ1n) is 4.70. The number of carbonyl (C=O) groups excluding carboxylic acids is 2. The third-order valence-corrected chi connectivity index (χ3v) is 1.69. The van der Waals surface area contributed by atoms with Crippen molar-refractivity contribution in [3.05, 3.63) is 34.9 Å². The smallest absolute Gasteiger partial charge is 0.222 e. The van der Waals surface area contributed by atoms with E-state index in [1.54, 1.807) is 0 Å². The van der Waals surface area contributed by atoms with E-state index in [2.05, 4.69) is 39.0 Å². The van der Waals surface area contributed by atoms with Crippen LogP contribution in [-0.4, -0.2) is 12.2 Å². The van der Waals surface area contributed by atoms with Crippen LogP contribution in [0.15, 0.2) is 18.2 Å². The molecule has 4 heteroatoms. The maximum atomic E-state index is 8.35.